The molecule has 2 N–H and O–H groups in total. The number of alkyl carbamates (subject to hydrolysis) is 1. The average molecular weight is 647 g/mol. The summed E-state index contributed by atoms with van der Waals surface area (Å²) in [6.45, 7) is 2.85. The second-order valence-electron chi connectivity index (χ2n) is 10.4. The van der Waals surface area contributed by atoms with Crippen LogP contribution >= 0.6 is 0 Å². The number of hydrogen-bond donors (Lipinski definition) is 2. The van der Waals surface area contributed by atoms with Gasteiger partial charge < -0.3 is 19.5 Å². The molecule has 0 spiro atoms. The Kier molecular flexibility index (Phi) is 8.54. The van der Waals surface area contributed by atoms with E-state index in [9.17, 15) is 22.8 Å². The fraction of sp³-hybridized carbons (Fsp3) is 0.188. The first kappa shape index (κ1) is 31.2. The number of fused-ring (bicyclic) bond motifs is 2. The summed E-state index contributed by atoms with van der Waals surface area (Å²) in [5, 5.41) is 15.0. The summed E-state index contributed by atoms with van der Waals surface area (Å²) in [4.78, 5) is 44.6. The summed E-state index contributed by atoms with van der Waals surface area (Å²) in [7, 11) is 0. The Morgan fingerprint density at radius 3 is 2.36 bits per heavy atom. The predicted octanol–water partition coefficient (Wildman–Crippen LogP) is 4.89. The molecule has 1 unspecified atom stereocenters. The number of imidazole rings is 1. The Morgan fingerprint density at radius 2 is 1.68 bits per heavy atom. The molecule has 2 fully saturated rings. The number of nitrogens with zero attached hydrogens (tertiary/aromatic N) is 5. The van der Waals surface area contributed by atoms with E-state index < -0.39 is 30.2 Å². The van der Waals surface area contributed by atoms with E-state index in [2.05, 4.69) is 21.4 Å². The topological polar surface area (TPSA) is 148 Å². The number of pyridine rings is 1. The minimum atomic E-state index is -5.08. The number of anilines is 1. The molecule has 15 heteroatoms. The molecule has 5 heterocycles. The third kappa shape index (κ3) is 6.74. The monoisotopic (exact) mass is 646 g/mol. The van der Waals surface area contributed by atoms with Gasteiger partial charge in [-0.3, -0.25) is 10.1 Å². The fourth-order valence-electron chi connectivity index (χ4n) is 5.12. The van der Waals surface area contributed by atoms with Crippen molar-refractivity contribution in [3.63, 3.8) is 0 Å². The lowest BCUT2D eigenvalue weighted by Crippen LogP contribution is -2.36. The number of carbonyl (C=O) groups excluding carboxylic acids is 2. The highest BCUT2D eigenvalue weighted by atomic mass is 19.4. The number of benzene rings is 2. The van der Waals surface area contributed by atoms with Crippen LogP contribution in [0.3, 0.4) is 0 Å². The maximum atomic E-state index is 12.1. The molecule has 3 aromatic heterocycles. The van der Waals surface area contributed by atoms with Gasteiger partial charge in [-0.2, -0.15) is 18.3 Å². The Labute approximate surface area is 264 Å². The van der Waals surface area contributed by atoms with Gasteiger partial charge in [-0.05, 0) is 30.4 Å². The van der Waals surface area contributed by atoms with Gasteiger partial charge in [-0.1, -0.05) is 48.5 Å². The number of cyclic esters (lactones) is 1. The quantitative estimate of drug-likeness (QED) is 0.270. The van der Waals surface area contributed by atoms with Gasteiger partial charge in [0.25, 0.3) is 5.91 Å². The molecular weight excluding hydrogens is 621 g/mol. The molecule has 0 bridgehead atoms. The van der Waals surface area contributed by atoms with Crippen LogP contribution in [0.5, 0.6) is 0 Å². The van der Waals surface area contributed by atoms with Crippen molar-refractivity contribution in [2.75, 3.05) is 31.2 Å². The zero-order chi connectivity index (χ0) is 33.1. The van der Waals surface area contributed by atoms with Gasteiger partial charge in [-0.25, -0.2) is 24.1 Å². The number of carboxylic acid groups (broad SMARTS) is 1. The molecule has 2 aliphatic rings. The molecule has 1 atom stereocenters. The standard InChI is InChI=1S/C30H24N6O4.C2HF3O2/c37-29-27(40-30(38)34-29)21-7-5-20(6-8-21)26-24(12-11-22-10-9-19-3-1-2-4-23(19)32-22)33-28-25(13-14-31-36(26)28)35-15-17-39-18-16-35;3-2(4,5)1(6)7/h1-14,27H,15-18H2,(H,34,37,38);(H,6,7)/b12-11+;. The van der Waals surface area contributed by atoms with Crippen LogP contribution in [0.1, 0.15) is 23.1 Å². The van der Waals surface area contributed by atoms with Crippen molar-refractivity contribution in [2.45, 2.75) is 12.3 Å². The van der Waals surface area contributed by atoms with Crippen molar-refractivity contribution in [1.82, 2.24) is 24.9 Å². The molecule has 240 valence electrons. The van der Waals surface area contributed by atoms with Crippen molar-refractivity contribution in [3.8, 4) is 11.3 Å². The van der Waals surface area contributed by atoms with Crippen molar-refractivity contribution in [3.05, 3.63) is 89.9 Å². The maximum absolute atomic E-state index is 12.1. The highest BCUT2D eigenvalue weighted by Gasteiger charge is 2.38. The number of para-hydroxylation sites is 1. The molecule has 2 saturated heterocycles. The van der Waals surface area contributed by atoms with Crippen molar-refractivity contribution >= 4 is 52.4 Å². The number of alkyl halides is 3. The molecule has 2 amide bonds. The number of halogens is 3. The smallest absolute Gasteiger partial charge is 0.475 e. The van der Waals surface area contributed by atoms with Gasteiger partial charge in [-0.15, -0.1) is 0 Å². The molecule has 0 saturated carbocycles. The highest BCUT2D eigenvalue weighted by molar-refractivity contribution is 6.00. The van der Waals surface area contributed by atoms with Crippen LogP contribution in [0.25, 0.3) is 40.0 Å². The number of ether oxygens (including phenoxy) is 2. The zero-order valence-electron chi connectivity index (χ0n) is 24.3. The molecule has 5 aromatic rings. The average Bonchev–Trinajstić information content (AvgIpc) is 3.62. The first-order valence-corrected chi connectivity index (χ1v) is 14.2. The van der Waals surface area contributed by atoms with Crippen LogP contribution in [0.2, 0.25) is 0 Å². The first-order valence-electron chi connectivity index (χ1n) is 14.2. The molecule has 7 rings (SSSR count). The molecule has 12 nitrogen and oxygen atoms in total. The van der Waals surface area contributed by atoms with Gasteiger partial charge in [0.15, 0.2) is 5.65 Å². The predicted molar refractivity (Wildman–Crippen MR) is 163 cm³/mol. The number of hydrogen-bond acceptors (Lipinski definition) is 9. The number of aliphatic carboxylic acids is 1. The lowest BCUT2D eigenvalue weighted by atomic mass is 10.0. The lowest BCUT2D eigenvalue weighted by molar-refractivity contribution is -0.192. The Balaban J connectivity index is 0.000000499. The van der Waals surface area contributed by atoms with E-state index in [1.165, 1.54) is 0 Å². The Hall–Kier alpha value is -5.83. The number of carboxylic acids is 1. The minimum Gasteiger partial charge on any atom is -0.475 e. The number of imide groups is 1. The van der Waals surface area contributed by atoms with E-state index in [-0.39, 0.29) is 0 Å². The van der Waals surface area contributed by atoms with Gasteiger partial charge in [0.1, 0.15) is 5.69 Å². The van der Waals surface area contributed by atoms with Crippen LogP contribution in [-0.4, -0.2) is 75.1 Å². The molecule has 0 radical (unpaired) electrons. The lowest BCUT2D eigenvalue weighted by Gasteiger charge is -2.28. The Morgan fingerprint density at radius 1 is 0.957 bits per heavy atom. The number of aromatic nitrogens is 4. The van der Waals surface area contributed by atoms with E-state index in [0.717, 1.165) is 58.0 Å². The Bertz CT molecular complexity index is 2000. The summed E-state index contributed by atoms with van der Waals surface area (Å²) >= 11 is 0. The number of morpholine rings is 1. The molecule has 2 aromatic carbocycles. The first-order chi connectivity index (χ1) is 22.6. The number of nitrogens with one attached hydrogen (secondary N) is 1. The van der Waals surface area contributed by atoms with Gasteiger partial charge in [0.05, 0.1) is 42.0 Å². The van der Waals surface area contributed by atoms with E-state index in [0.29, 0.717) is 18.8 Å². The third-order valence-electron chi connectivity index (χ3n) is 7.33. The van der Waals surface area contributed by atoms with E-state index in [1.807, 2.05) is 65.2 Å². The van der Waals surface area contributed by atoms with Crippen LogP contribution in [-0.2, 0) is 19.1 Å². The largest absolute Gasteiger partial charge is 0.490 e. The van der Waals surface area contributed by atoms with Crippen molar-refractivity contribution < 1.29 is 42.1 Å². The summed E-state index contributed by atoms with van der Waals surface area (Å²) in [6.07, 6.45) is -1.12. The van der Waals surface area contributed by atoms with Crippen LogP contribution in [0.15, 0.2) is 72.9 Å². The van der Waals surface area contributed by atoms with Crippen LogP contribution < -0.4 is 10.2 Å². The van der Waals surface area contributed by atoms with E-state index in [4.69, 9.17) is 29.3 Å². The number of carbonyl (C=O) groups is 3. The summed E-state index contributed by atoms with van der Waals surface area (Å²) < 4.78 is 44.3. The second kappa shape index (κ2) is 12.9. The van der Waals surface area contributed by atoms with Crippen molar-refractivity contribution in [2.24, 2.45) is 0 Å². The zero-order valence-corrected chi connectivity index (χ0v) is 24.3. The van der Waals surface area contributed by atoms with Crippen LogP contribution in [0, 0.1) is 0 Å². The summed E-state index contributed by atoms with van der Waals surface area (Å²) in [5.41, 5.74) is 6.39. The van der Waals surface area contributed by atoms with Gasteiger partial charge in [0.2, 0.25) is 6.10 Å². The fourth-order valence-corrected chi connectivity index (χ4v) is 5.12. The maximum Gasteiger partial charge on any atom is 0.490 e. The van der Waals surface area contributed by atoms with Gasteiger partial charge >= 0.3 is 18.2 Å². The van der Waals surface area contributed by atoms with Gasteiger partial charge in [0, 0.05) is 29.6 Å². The van der Waals surface area contributed by atoms with Crippen LogP contribution in [0.4, 0.5) is 23.7 Å². The molecule has 2 aliphatic heterocycles. The van der Waals surface area contributed by atoms with E-state index in [1.54, 1.807) is 18.3 Å². The molecular formula is C32H25F3N6O6. The molecule has 47 heavy (non-hydrogen) atoms. The van der Waals surface area contributed by atoms with Crippen molar-refractivity contribution in [1.29, 1.82) is 0 Å². The minimum absolute atomic E-state index is 0.476. The highest BCUT2D eigenvalue weighted by Crippen LogP contribution is 2.32. The summed E-state index contributed by atoms with van der Waals surface area (Å²) in [6, 6.07) is 21.3. The summed E-state index contributed by atoms with van der Waals surface area (Å²) in [5.74, 6) is -3.23. The normalized spacial score (nSPS) is 16.7. The third-order valence-corrected chi connectivity index (χ3v) is 7.33. The number of amides is 2. The SMILES string of the molecule is O=C(O)C(F)(F)F.O=C1NC(=O)C(c2ccc(-c3c(/C=C/c4ccc5ccccc5n4)nc4c(N5CCOCC5)ccnn34)cc2)O1. The number of rotatable bonds is 5. The second-order valence-corrected chi connectivity index (χ2v) is 10.4. The van der Waals surface area contributed by atoms with E-state index >= 15 is 0 Å². The molecule has 0 aliphatic carbocycles.